The van der Waals surface area contributed by atoms with Gasteiger partial charge in [-0.3, -0.25) is 43.3 Å². The van der Waals surface area contributed by atoms with Crippen molar-refractivity contribution in [2.75, 3.05) is 37.8 Å². The Kier molecular flexibility index (Phi) is 28.2. The molecule has 0 bridgehead atoms. The minimum Gasteiger partial charge on any atom is -0.482 e. The summed E-state index contributed by atoms with van der Waals surface area (Å²) >= 11 is 0.898. The van der Waals surface area contributed by atoms with Crippen LogP contribution >= 0.6 is 11.8 Å². The van der Waals surface area contributed by atoms with Crippen LogP contribution in [0.3, 0.4) is 0 Å². The van der Waals surface area contributed by atoms with Crippen LogP contribution in [-0.2, 0) is 56.0 Å². The molecule has 5 atom stereocenters. The highest BCUT2D eigenvalue weighted by Crippen LogP contribution is 2.15. The lowest BCUT2D eigenvalue weighted by Gasteiger charge is -2.25. The largest absolute Gasteiger partial charge is 0.482 e. The zero-order valence-corrected chi connectivity index (χ0v) is 39.2. The van der Waals surface area contributed by atoms with Gasteiger partial charge in [0, 0.05) is 50.4 Å². The van der Waals surface area contributed by atoms with E-state index in [0.29, 0.717) is 30.5 Å². The van der Waals surface area contributed by atoms with Crippen molar-refractivity contribution >= 4 is 65.1 Å². The van der Waals surface area contributed by atoms with Crippen molar-refractivity contribution in [2.24, 2.45) is 11.5 Å². The quantitative estimate of drug-likeness (QED) is 0.0381. The van der Waals surface area contributed by atoms with Crippen LogP contribution in [0.25, 0.3) is 0 Å². The lowest BCUT2D eigenvalue weighted by molar-refractivity contribution is -0.139. The molecule has 22 nitrogen and oxygen atoms in total. The Hall–Kier alpha value is -6.33. The van der Waals surface area contributed by atoms with Gasteiger partial charge >= 0.3 is 11.9 Å². The van der Waals surface area contributed by atoms with Gasteiger partial charge in [-0.05, 0) is 61.2 Å². The monoisotopic (exact) mass is 973 g/mol. The lowest BCUT2D eigenvalue weighted by Crippen LogP contribution is -2.58. The molecule has 1 aromatic heterocycles. The summed E-state index contributed by atoms with van der Waals surface area (Å²) in [4.78, 5) is 117. The number of nitrogens with two attached hydrogens (primary N) is 2. The summed E-state index contributed by atoms with van der Waals surface area (Å²) in [7, 11) is 0. The van der Waals surface area contributed by atoms with Crippen molar-refractivity contribution in [1.82, 2.24) is 36.9 Å². The van der Waals surface area contributed by atoms with Gasteiger partial charge in [0.1, 0.15) is 36.0 Å². The molecule has 2 rings (SSSR count). The third kappa shape index (κ3) is 24.4. The summed E-state index contributed by atoms with van der Waals surface area (Å²) in [5.74, 6) is -7.30. The van der Waals surface area contributed by atoms with E-state index in [9.17, 15) is 48.3 Å². The Morgan fingerprint density at radius 3 is 1.78 bits per heavy atom. The van der Waals surface area contributed by atoms with E-state index in [2.05, 4.69) is 36.9 Å². The van der Waals surface area contributed by atoms with Crippen LogP contribution < -0.4 is 48.1 Å². The average molecular weight is 974 g/mol. The second-order valence-electron chi connectivity index (χ2n) is 15.8. The van der Waals surface area contributed by atoms with Crippen molar-refractivity contribution < 1.29 is 63.2 Å². The van der Waals surface area contributed by atoms with Gasteiger partial charge in [-0.1, -0.05) is 57.6 Å². The highest BCUT2D eigenvalue weighted by molar-refractivity contribution is 8.00. The number of hydrogen-bond donors (Lipinski definition) is 11. The minimum absolute atomic E-state index is 0.00921. The first-order chi connectivity index (χ1) is 32.6. The number of carboxylic acids is 2. The summed E-state index contributed by atoms with van der Waals surface area (Å²) < 4.78 is 5.14. The fraction of sp³-hybridized carbons (Fsp3) is 0.556. The van der Waals surface area contributed by atoms with Gasteiger partial charge in [0.2, 0.25) is 41.4 Å². The number of pyridine rings is 1. The molecule has 0 saturated heterocycles. The number of rotatable bonds is 36. The van der Waals surface area contributed by atoms with Crippen LogP contribution in [0.15, 0.2) is 48.8 Å². The van der Waals surface area contributed by atoms with E-state index in [1.54, 1.807) is 31.2 Å². The molecule has 0 unspecified atom stereocenters. The Morgan fingerprint density at radius 2 is 1.19 bits per heavy atom. The van der Waals surface area contributed by atoms with E-state index in [4.69, 9.17) is 26.4 Å². The molecule has 2 aromatic rings. The third-order valence-corrected chi connectivity index (χ3v) is 11.3. The number of aliphatic hydroxyl groups excluding tert-OH is 1. The first kappa shape index (κ1) is 57.8. The molecule has 0 aliphatic rings. The van der Waals surface area contributed by atoms with E-state index in [0.717, 1.165) is 50.3 Å². The number of carbonyl (C=O) groups is 9. The predicted molar refractivity (Wildman–Crippen MR) is 251 cm³/mol. The number of nitrogens with zero attached hydrogens (tertiary/aromatic N) is 1. The van der Waals surface area contributed by atoms with Crippen LogP contribution in [0.5, 0.6) is 5.75 Å². The number of nitrogens with one attached hydrogen (secondary N) is 6. The van der Waals surface area contributed by atoms with E-state index < -0.39 is 96.7 Å². The molecule has 7 amide bonds. The van der Waals surface area contributed by atoms with Crippen LogP contribution in [0.2, 0.25) is 0 Å². The van der Waals surface area contributed by atoms with Crippen molar-refractivity contribution in [3.63, 3.8) is 0 Å². The Morgan fingerprint density at radius 1 is 0.647 bits per heavy atom. The molecule has 376 valence electrons. The molecule has 13 N–H and O–H groups in total. The van der Waals surface area contributed by atoms with Crippen molar-refractivity contribution in [1.29, 1.82) is 0 Å². The SMILES string of the molecule is CCC(=O)N[C@@H](CO)C(=O)N[C@@H](CSCC(=O)N[C@@H](Cc1ccncc1)C(=O)N[C@@H](Cc1ccc(OCC(=O)O)cc1)C(N)=O)C(=O)N[C@@H](CCN)C(=O)NCCCCCCCCCCC(=O)O. The molecule has 23 heteroatoms. The predicted octanol–water partition coefficient (Wildman–Crippen LogP) is -0.564. The van der Waals surface area contributed by atoms with Crippen molar-refractivity contribution in [2.45, 2.75) is 121 Å². The van der Waals surface area contributed by atoms with E-state index in [1.807, 2.05) is 0 Å². The standard InChI is InChI=1S/C45H67N9O13S/c1-2-37(56)51-35(25-55)44(65)54-36(45(66)52-32(16-19-46)42(63)49-20-10-8-6-4-3-5-7-9-11-39(58)59)27-68-28-38(57)50-34(24-30-17-21-48-22-18-30)43(64)53-33(41(47)62)23-29-12-14-31(15-13-29)67-26-40(60)61/h12-15,17-18,21-22,32-36,55H,2-11,16,19-20,23-28,46H2,1H3,(H2,47,62)(H,49,63)(H,50,57)(H,51,56)(H,52,66)(H,53,64)(H,54,65)(H,58,59)(H,60,61)/t32-,33-,34-,35-,36-/m0/s1. The molecular formula is C45H67N9O13S. The summed E-state index contributed by atoms with van der Waals surface area (Å²) in [5.41, 5.74) is 12.6. The number of thioether (sulfide) groups is 1. The van der Waals surface area contributed by atoms with E-state index in [1.165, 1.54) is 24.5 Å². The van der Waals surface area contributed by atoms with Gasteiger partial charge in [0.25, 0.3) is 0 Å². The molecule has 0 aliphatic heterocycles. The zero-order chi connectivity index (χ0) is 50.3. The van der Waals surface area contributed by atoms with Gasteiger partial charge in [0.15, 0.2) is 6.61 Å². The molecule has 0 radical (unpaired) electrons. The number of ether oxygens (including phenoxy) is 1. The fourth-order valence-corrected chi connectivity index (χ4v) is 7.37. The van der Waals surface area contributed by atoms with Gasteiger partial charge in [0.05, 0.1) is 12.4 Å². The average Bonchev–Trinajstić information content (AvgIpc) is 3.31. The maximum Gasteiger partial charge on any atom is 0.341 e. The lowest BCUT2D eigenvalue weighted by atomic mass is 10.0. The molecule has 1 aromatic carbocycles. The van der Waals surface area contributed by atoms with Crippen LogP contribution in [0.1, 0.15) is 88.7 Å². The highest BCUT2D eigenvalue weighted by atomic mass is 32.2. The molecular weight excluding hydrogens is 907 g/mol. The highest BCUT2D eigenvalue weighted by Gasteiger charge is 2.31. The second kappa shape index (κ2) is 33.2. The minimum atomic E-state index is -1.42. The summed E-state index contributed by atoms with van der Waals surface area (Å²) in [6.07, 6.45) is 10.0. The molecule has 0 spiro atoms. The third-order valence-electron chi connectivity index (χ3n) is 10.2. The fourth-order valence-electron chi connectivity index (χ4n) is 6.52. The maximum atomic E-state index is 13.8. The van der Waals surface area contributed by atoms with Crippen LogP contribution in [0, 0.1) is 0 Å². The summed E-state index contributed by atoms with van der Waals surface area (Å²) in [5, 5.41) is 43.0. The molecule has 0 fully saturated rings. The summed E-state index contributed by atoms with van der Waals surface area (Å²) in [6, 6.07) is 3.05. The van der Waals surface area contributed by atoms with Gasteiger partial charge in [-0.15, -0.1) is 11.8 Å². The number of hydrogen-bond acceptors (Lipinski definition) is 14. The van der Waals surface area contributed by atoms with E-state index in [-0.39, 0.29) is 55.9 Å². The topological polar surface area (TPSA) is 361 Å². The zero-order valence-electron chi connectivity index (χ0n) is 38.4. The first-order valence-electron chi connectivity index (χ1n) is 22.6. The molecule has 0 saturated carbocycles. The first-order valence-corrected chi connectivity index (χ1v) is 23.7. The second-order valence-corrected chi connectivity index (χ2v) is 16.8. The number of unbranched alkanes of at least 4 members (excludes halogenated alkanes) is 7. The number of aliphatic hydroxyl groups is 1. The van der Waals surface area contributed by atoms with Crippen LogP contribution in [-0.4, -0.2) is 142 Å². The van der Waals surface area contributed by atoms with Crippen molar-refractivity contribution in [3.8, 4) is 5.75 Å². The number of carboxylic acid groups (broad SMARTS) is 2. The van der Waals surface area contributed by atoms with E-state index >= 15 is 0 Å². The smallest absolute Gasteiger partial charge is 0.341 e. The Bertz CT molecular complexity index is 1930. The molecule has 68 heavy (non-hydrogen) atoms. The van der Waals surface area contributed by atoms with Gasteiger partial charge < -0.3 is 63.4 Å². The maximum absolute atomic E-state index is 13.8. The number of primary amides is 1. The van der Waals surface area contributed by atoms with Gasteiger partial charge in [-0.25, -0.2) is 4.79 Å². The van der Waals surface area contributed by atoms with Crippen molar-refractivity contribution in [3.05, 3.63) is 59.9 Å². The number of carbonyl (C=O) groups excluding carboxylic acids is 7. The van der Waals surface area contributed by atoms with Gasteiger partial charge in [-0.2, -0.15) is 0 Å². The van der Waals surface area contributed by atoms with Crippen LogP contribution in [0.4, 0.5) is 0 Å². The summed E-state index contributed by atoms with van der Waals surface area (Å²) in [6.45, 7) is 0.559. The Balaban J connectivity index is 2.13. The number of benzene rings is 1. The normalized spacial score (nSPS) is 13.0. The number of amides is 7. The molecule has 1 heterocycles. The number of aromatic nitrogens is 1. The Labute approximate surface area is 399 Å². The molecule has 0 aliphatic carbocycles. The number of aliphatic carboxylic acids is 2.